The maximum atomic E-state index is 12.3. The maximum absolute atomic E-state index is 12.3. The number of piperidine rings is 1. The molecule has 0 bridgehead atoms. The van der Waals surface area contributed by atoms with E-state index in [1.165, 1.54) is 0 Å². The Kier molecular flexibility index (Phi) is 4.50. The van der Waals surface area contributed by atoms with E-state index in [1.807, 2.05) is 6.07 Å². The molecule has 2 rings (SSSR count). The molecule has 0 saturated carbocycles. The standard InChI is InChI=1S/C15H17NO4/c1-2-20-15(19)12-10-16(9-8-13(12)17)14(18)11-6-4-3-5-7-11/h3-7,12H,2,8-10H2,1H3/t12-/m0/s1. The van der Waals surface area contributed by atoms with Crippen molar-refractivity contribution >= 4 is 17.7 Å². The largest absolute Gasteiger partial charge is 0.465 e. The van der Waals surface area contributed by atoms with Crippen LogP contribution in [0.1, 0.15) is 23.7 Å². The van der Waals surface area contributed by atoms with Crippen LogP contribution >= 0.6 is 0 Å². The van der Waals surface area contributed by atoms with Gasteiger partial charge in [0.1, 0.15) is 5.92 Å². The lowest BCUT2D eigenvalue weighted by Crippen LogP contribution is -2.47. The number of likely N-dealkylation sites (tertiary alicyclic amines) is 1. The van der Waals surface area contributed by atoms with Gasteiger partial charge in [-0.05, 0) is 19.1 Å². The van der Waals surface area contributed by atoms with Gasteiger partial charge >= 0.3 is 5.97 Å². The van der Waals surface area contributed by atoms with Crippen molar-refractivity contribution in [2.45, 2.75) is 13.3 Å². The number of hydrogen-bond donors (Lipinski definition) is 0. The number of rotatable bonds is 3. The number of Topliss-reactive ketones (excluding diaryl/α,β-unsaturated/α-hetero) is 1. The topological polar surface area (TPSA) is 63.7 Å². The average Bonchev–Trinajstić information content (AvgIpc) is 2.48. The van der Waals surface area contributed by atoms with Gasteiger partial charge in [-0.25, -0.2) is 0 Å². The van der Waals surface area contributed by atoms with Crippen molar-refractivity contribution in [1.29, 1.82) is 0 Å². The Balaban J connectivity index is 2.09. The molecule has 0 aromatic heterocycles. The second-order valence-corrected chi connectivity index (χ2v) is 4.64. The van der Waals surface area contributed by atoms with Gasteiger partial charge in [-0.2, -0.15) is 0 Å². The first-order chi connectivity index (χ1) is 9.63. The summed E-state index contributed by atoms with van der Waals surface area (Å²) in [6.45, 7) is 2.38. The second-order valence-electron chi connectivity index (χ2n) is 4.64. The van der Waals surface area contributed by atoms with Crippen LogP contribution in [0.3, 0.4) is 0 Å². The average molecular weight is 275 g/mol. The molecule has 1 aliphatic heterocycles. The number of benzene rings is 1. The van der Waals surface area contributed by atoms with Crippen LogP contribution in [0.15, 0.2) is 30.3 Å². The lowest BCUT2D eigenvalue weighted by Gasteiger charge is -2.30. The summed E-state index contributed by atoms with van der Waals surface area (Å²) in [7, 11) is 0. The van der Waals surface area contributed by atoms with E-state index in [2.05, 4.69) is 0 Å². The molecule has 0 aliphatic carbocycles. The van der Waals surface area contributed by atoms with Gasteiger partial charge in [0.05, 0.1) is 6.61 Å². The number of hydrogen-bond acceptors (Lipinski definition) is 4. The number of amides is 1. The fraction of sp³-hybridized carbons (Fsp3) is 0.400. The van der Waals surface area contributed by atoms with Crippen LogP contribution < -0.4 is 0 Å². The highest BCUT2D eigenvalue weighted by molar-refractivity contribution is 6.02. The zero-order chi connectivity index (χ0) is 14.5. The van der Waals surface area contributed by atoms with Gasteiger partial charge in [-0.1, -0.05) is 18.2 Å². The highest BCUT2D eigenvalue weighted by Crippen LogP contribution is 2.17. The molecule has 0 N–H and O–H groups in total. The summed E-state index contributed by atoms with van der Waals surface area (Å²) in [5, 5.41) is 0. The van der Waals surface area contributed by atoms with E-state index in [9.17, 15) is 14.4 Å². The van der Waals surface area contributed by atoms with Crippen LogP contribution in [0.25, 0.3) is 0 Å². The van der Waals surface area contributed by atoms with E-state index < -0.39 is 11.9 Å². The van der Waals surface area contributed by atoms with Crippen molar-refractivity contribution in [3.8, 4) is 0 Å². The van der Waals surface area contributed by atoms with Crippen molar-refractivity contribution in [3.63, 3.8) is 0 Å². The van der Waals surface area contributed by atoms with Crippen LogP contribution in [-0.4, -0.2) is 42.3 Å². The summed E-state index contributed by atoms with van der Waals surface area (Å²) in [6.07, 6.45) is 0.196. The minimum absolute atomic E-state index is 0.103. The molecule has 1 fully saturated rings. The first-order valence-electron chi connectivity index (χ1n) is 6.67. The number of carbonyl (C=O) groups excluding carboxylic acids is 3. The van der Waals surface area contributed by atoms with E-state index in [1.54, 1.807) is 36.1 Å². The molecule has 1 aliphatic rings. The number of ether oxygens (including phenoxy) is 1. The highest BCUT2D eigenvalue weighted by atomic mass is 16.5. The third-order valence-electron chi connectivity index (χ3n) is 3.30. The van der Waals surface area contributed by atoms with Crippen LogP contribution in [0.2, 0.25) is 0 Å². The molecule has 0 spiro atoms. The maximum Gasteiger partial charge on any atom is 0.318 e. The van der Waals surface area contributed by atoms with Crippen molar-refractivity contribution in [3.05, 3.63) is 35.9 Å². The molecule has 1 atom stereocenters. The minimum atomic E-state index is -0.851. The highest BCUT2D eigenvalue weighted by Gasteiger charge is 2.35. The van der Waals surface area contributed by atoms with Crippen LogP contribution in [0, 0.1) is 5.92 Å². The summed E-state index contributed by atoms with van der Waals surface area (Å²) in [5.41, 5.74) is 0.560. The van der Waals surface area contributed by atoms with E-state index in [0.717, 1.165) is 0 Å². The van der Waals surface area contributed by atoms with E-state index in [4.69, 9.17) is 4.74 Å². The van der Waals surface area contributed by atoms with Crippen molar-refractivity contribution in [2.24, 2.45) is 5.92 Å². The Hall–Kier alpha value is -2.17. The monoisotopic (exact) mass is 275 g/mol. The van der Waals surface area contributed by atoms with Gasteiger partial charge in [-0.15, -0.1) is 0 Å². The molecule has 0 radical (unpaired) electrons. The molecule has 1 aromatic rings. The Bertz CT molecular complexity index is 512. The quantitative estimate of drug-likeness (QED) is 0.616. The van der Waals surface area contributed by atoms with Crippen LogP contribution in [-0.2, 0) is 14.3 Å². The fourth-order valence-electron chi connectivity index (χ4n) is 2.23. The molecule has 106 valence electrons. The van der Waals surface area contributed by atoms with Gasteiger partial charge in [0.2, 0.25) is 0 Å². The zero-order valence-electron chi connectivity index (χ0n) is 11.4. The molecule has 1 heterocycles. The van der Waals surface area contributed by atoms with E-state index >= 15 is 0 Å². The Morgan fingerprint density at radius 1 is 1.30 bits per heavy atom. The predicted molar refractivity (Wildman–Crippen MR) is 72.1 cm³/mol. The third kappa shape index (κ3) is 3.04. The van der Waals surface area contributed by atoms with Crippen molar-refractivity contribution < 1.29 is 19.1 Å². The summed E-state index contributed by atoms with van der Waals surface area (Å²) in [6, 6.07) is 8.84. The number of esters is 1. The van der Waals surface area contributed by atoms with Gasteiger partial charge in [0.15, 0.2) is 5.78 Å². The first-order valence-corrected chi connectivity index (χ1v) is 6.67. The SMILES string of the molecule is CCOC(=O)[C@H]1CN(C(=O)c2ccccc2)CCC1=O. The molecule has 1 saturated heterocycles. The Labute approximate surface area is 117 Å². The summed E-state index contributed by atoms with van der Waals surface area (Å²) >= 11 is 0. The van der Waals surface area contributed by atoms with Crippen LogP contribution in [0.5, 0.6) is 0 Å². The molecule has 5 heteroatoms. The van der Waals surface area contributed by atoms with Gasteiger partial charge < -0.3 is 9.64 Å². The molecule has 1 amide bonds. The lowest BCUT2D eigenvalue weighted by molar-refractivity contribution is -0.153. The minimum Gasteiger partial charge on any atom is -0.465 e. The summed E-state index contributed by atoms with van der Waals surface area (Å²) in [4.78, 5) is 37.3. The van der Waals surface area contributed by atoms with Gasteiger partial charge in [-0.3, -0.25) is 14.4 Å². The fourth-order valence-corrected chi connectivity index (χ4v) is 2.23. The molecule has 20 heavy (non-hydrogen) atoms. The second kappa shape index (κ2) is 6.32. The molecule has 5 nitrogen and oxygen atoms in total. The smallest absolute Gasteiger partial charge is 0.318 e. The Morgan fingerprint density at radius 3 is 2.65 bits per heavy atom. The van der Waals surface area contributed by atoms with Gasteiger partial charge in [0.25, 0.3) is 5.91 Å². The summed E-state index contributed by atoms with van der Waals surface area (Å²) < 4.78 is 4.89. The molecular weight excluding hydrogens is 258 g/mol. The van der Waals surface area contributed by atoms with Crippen molar-refractivity contribution in [2.75, 3.05) is 19.7 Å². The van der Waals surface area contributed by atoms with Gasteiger partial charge in [0, 0.05) is 25.1 Å². The molecule has 0 unspecified atom stereocenters. The lowest BCUT2D eigenvalue weighted by atomic mass is 9.96. The predicted octanol–water partition coefficient (Wildman–Crippen LogP) is 1.28. The van der Waals surface area contributed by atoms with E-state index in [-0.39, 0.29) is 31.3 Å². The zero-order valence-corrected chi connectivity index (χ0v) is 11.4. The number of nitrogens with zero attached hydrogens (tertiary/aromatic N) is 1. The Morgan fingerprint density at radius 2 is 2.00 bits per heavy atom. The first kappa shape index (κ1) is 14.2. The van der Waals surface area contributed by atoms with E-state index in [0.29, 0.717) is 12.1 Å². The molecule has 1 aromatic carbocycles. The number of ketones is 1. The normalized spacial score (nSPS) is 18.8. The van der Waals surface area contributed by atoms with Crippen LogP contribution in [0.4, 0.5) is 0 Å². The third-order valence-corrected chi connectivity index (χ3v) is 3.30. The summed E-state index contributed by atoms with van der Waals surface area (Å²) in [5.74, 6) is -1.70. The number of carbonyl (C=O) groups is 3. The van der Waals surface area contributed by atoms with Crippen molar-refractivity contribution in [1.82, 2.24) is 4.90 Å². The molecular formula is C15H17NO4.